The Labute approximate surface area is 146 Å². The molecule has 0 radical (unpaired) electrons. The summed E-state index contributed by atoms with van der Waals surface area (Å²) in [6, 6.07) is 12.8. The zero-order valence-corrected chi connectivity index (χ0v) is 14.3. The van der Waals surface area contributed by atoms with Crippen molar-refractivity contribution in [3.63, 3.8) is 0 Å². The monoisotopic (exact) mass is 336 g/mol. The van der Waals surface area contributed by atoms with Crippen molar-refractivity contribution in [3.05, 3.63) is 70.3 Å². The zero-order valence-electron chi connectivity index (χ0n) is 14.3. The van der Waals surface area contributed by atoms with Gasteiger partial charge in [-0.3, -0.25) is 19.3 Å². The molecule has 0 bridgehead atoms. The number of amides is 3. The van der Waals surface area contributed by atoms with E-state index >= 15 is 0 Å². The average Bonchev–Trinajstić information content (AvgIpc) is 2.83. The van der Waals surface area contributed by atoms with Gasteiger partial charge in [-0.05, 0) is 49.1 Å². The molecular formula is C20H20N2O3. The fourth-order valence-corrected chi connectivity index (χ4v) is 2.89. The molecule has 0 unspecified atom stereocenters. The Kier molecular flexibility index (Phi) is 4.65. The van der Waals surface area contributed by atoms with Crippen molar-refractivity contribution >= 4 is 17.7 Å². The molecule has 128 valence electrons. The Balaban J connectivity index is 1.54. The predicted molar refractivity (Wildman–Crippen MR) is 94.4 cm³/mol. The summed E-state index contributed by atoms with van der Waals surface area (Å²) >= 11 is 0. The Bertz CT molecular complexity index is 823. The number of nitrogens with zero attached hydrogens (tertiary/aromatic N) is 1. The van der Waals surface area contributed by atoms with Crippen molar-refractivity contribution < 1.29 is 14.4 Å². The molecule has 3 rings (SSSR count). The molecule has 0 saturated carbocycles. The second-order valence-electron chi connectivity index (χ2n) is 6.26. The zero-order chi connectivity index (χ0) is 18.0. The van der Waals surface area contributed by atoms with Crippen molar-refractivity contribution in [2.45, 2.75) is 20.3 Å². The van der Waals surface area contributed by atoms with Gasteiger partial charge in [-0.2, -0.15) is 0 Å². The quantitative estimate of drug-likeness (QED) is 0.852. The third-order valence-electron chi connectivity index (χ3n) is 4.49. The molecule has 1 aliphatic heterocycles. The molecular weight excluding hydrogens is 316 g/mol. The van der Waals surface area contributed by atoms with Gasteiger partial charge in [-0.25, -0.2) is 0 Å². The lowest BCUT2D eigenvalue weighted by molar-refractivity contribution is -0.121. The molecule has 25 heavy (non-hydrogen) atoms. The van der Waals surface area contributed by atoms with E-state index in [0.29, 0.717) is 24.1 Å². The smallest absolute Gasteiger partial charge is 0.262 e. The van der Waals surface area contributed by atoms with E-state index in [1.807, 2.05) is 6.07 Å². The van der Waals surface area contributed by atoms with E-state index in [2.05, 4.69) is 31.3 Å². The highest BCUT2D eigenvalue weighted by molar-refractivity contribution is 6.22. The molecule has 2 aromatic carbocycles. The van der Waals surface area contributed by atoms with Crippen LogP contribution in [0.5, 0.6) is 0 Å². The molecule has 3 amide bonds. The number of fused-ring (bicyclic) bond motifs is 1. The standard InChI is InChI=1S/C20H20N2O3/c1-13-7-8-15(11-14(13)2)9-10-21-18(23)12-22-19(24)16-5-3-4-6-17(16)20(22)25/h3-8,11H,9-10,12H2,1-2H3,(H,21,23). The van der Waals surface area contributed by atoms with Gasteiger partial charge in [0, 0.05) is 6.54 Å². The van der Waals surface area contributed by atoms with Crippen LogP contribution in [-0.2, 0) is 11.2 Å². The highest BCUT2D eigenvalue weighted by Gasteiger charge is 2.36. The van der Waals surface area contributed by atoms with Crippen molar-refractivity contribution in [2.24, 2.45) is 0 Å². The number of aryl methyl sites for hydroxylation is 2. The van der Waals surface area contributed by atoms with Crippen LogP contribution in [0, 0.1) is 13.8 Å². The van der Waals surface area contributed by atoms with Crippen LogP contribution >= 0.6 is 0 Å². The first-order valence-corrected chi connectivity index (χ1v) is 8.25. The highest BCUT2D eigenvalue weighted by Crippen LogP contribution is 2.21. The number of carbonyl (C=O) groups excluding carboxylic acids is 3. The highest BCUT2D eigenvalue weighted by atomic mass is 16.2. The molecule has 5 nitrogen and oxygen atoms in total. The molecule has 0 aromatic heterocycles. The van der Waals surface area contributed by atoms with Crippen LogP contribution in [0.4, 0.5) is 0 Å². The van der Waals surface area contributed by atoms with Crippen LogP contribution in [0.25, 0.3) is 0 Å². The van der Waals surface area contributed by atoms with Gasteiger partial charge in [0.2, 0.25) is 5.91 Å². The van der Waals surface area contributed by atoms with Crippen LogP contribution in [0.15, 0.2) is 42.5 Å². The number of hydrogen-bond donors (Lipinski definition) is 1. The number of carbonyl (C=O) groups is 3. The van der Waals surface area contributed by atoms with Crippen LogP contribution in [0.3, 0.4) is 0 Å². The number of imide groups is 1. The first kappa shape index (κ1) is 16.9. The first-order valence-electron chi connectivity index (χ1n) is 8.25. The molecule has 0 spiro atoms. The minimum atomic E-state index is -0.412. The molecule has 5 heteroatoms. The first-order chi connectivity index (χ1) is 12.0. The van der Waals surface area contributed by atoms with Gasteiger partial charge in [0.15, 0.2) is 0 Å². The van der Waals surface area contributed by atoms with Crippen molar-refractivity contribution in [1.29, 1.82) is 0 Å². The van der Waals surface area contributed by atoms with Crippen molar-refractivity contribution in [1.82, 2.24) is 10.2 Å². The lowest BCUT2D eigenvalue weighted by Gasteiger charge is -2.13. The predicted octanol–water partition coefficient (Wildman–Crippen LogP) is 2.26. The van der Waals surface area contributed by atoms with Crippen LogP contribution in [0.1, 0.15) is 37.4 Å². The van der Waals surface area contributed by atoms with Gasteiger partial charge >= 0.3 is 0 Å². The molecule has 0 atom stereocenters. The third-order valence-corrected chi connectivity index (χ3v) is 4.49. The van der Waals surface area contributed by atoms with Gasteiger partial charge < -0.3 is 5.32 Å². The van der Waals surface area contributed by atoms with Gasteiger partial charge in [0.1, 0.15) is 6.54 Å². The largest absolute Gasteiger partial charge is 0.354 e. The number of hydrogen-bond acceptors (Lipinski definition) is 3. The number of rotatable bonds is 5. The summed E-state index contributed by atoms with van der Waals surface area (Å²) in [4.78, 5) is 37.6. The van der Waals surface area contributed by atoms with E-state index in [0.717, 1.165) is 10.5 Å². The van der Waals surface area contributed by atoms with Gasteiger partial charge in [-0.1, -0.05) is 30.3 Å². The summed E-state index contributed by atoms with van der Waals surface area (Å²) in [6.07, 6.45) is 0.703. The molecule has 0 aliphatic carbocycles. The Morgan fingerprint density at radius 2 is 1.60 bits per heavy atom. The lowest BCUT2D eigenvalue weighted by Crippen LogP contribution is -2.40. The van der Waals surface area contributed by atoms with Crippen LogP contribution in [-0.4, -0.2) is 35.7 Å². The van der Waals surface area contributed by atoms with E-state index in [1.54, 1.807) is 24.3 Å². The van der Waals surface area contributed by atoms with Crippen molar-refractivity contribution in [3.8, 4) is 0 Å². The Hall–Kier alpha value is -2.95. The minimum absolute atomic E-state index is 0.251. The second kappa shape index (κ2) is 6.89. The average molecular weight is 336 g/mol. The van der Waals surface area contributed by atoms with E-state index in [4.69, 9.17) is 0 Å². The van der Waals surface area contributed by atoms with E-state index in [1.165, 1.54) is 11.1 Å². The summed E-state index contributed by atoms with van der Waals surface area (Å²) < 4.78 is 0. The summed E-state index contributed by atoms with van der Waals surface area (Å²) in [7, 11) is 0. The fraction of sp³-hybridized carbons (Fsp3) is 0.250. The topological polar surface area (TPSA) is 66.5 Å². The summed E-state index contributed by atoms with van der Waals surface area (Å²) in [5.74, 6) is -1.16. The molecule has 0 saturated heterocycles. The molecule has 1 N–H and O–H groups in total. The molecule has 1 heterocycles. The normalized spacial score (nSPS) is 13.1. The molecule has 0 fully saturated rings. The second-order valence-corrected chi connectivity index (χ2v) is 6.26. The van der Waals surface area contributed by atoms with Gasteiger partial charge in [0.25, 0.3) is 11.8 Å². The van der Waals surface area contributed by atoms with Crippen LogP contribution in [0.2, 0.25) is 0 Å². The summed E-state index contributed by atoms with van der Waals surface area (Å²) in [5, 5.41) is 2.77. The molecule has 2 aromatic rings. The van der Waals surface area contributed by atoms with E-state index in [9.17, 15) is 14.4 Å². The summed E-state index contributed by atoms with van der Waals surface area (Å²) in [6.45, 7) is 4.33. The number of nitrogens with one attached hydrogen (secondary N) is 1. The van der Waals surface area contributed by atoms with Crippen molar-refractivity contribution in [2.75, 3.05) is 13.1 Å². The maximum absolute atomic E-state index is 12.2. The SMILES string of the molecule is Cc1ccc(CCNC(=O)CN2C(=O)c3ccccc3C2=O)cc1C. The number of benzene rings is 2. The molecule has 1 aliphatic rings. The maximum Gasteiger partial charge on any atom is 0.262 e. The van der Waals surface area contributed by atoms with Gasteiger partial charge in [-0.15, -0.1) is 0 Å². The van der Waals surface area contributed by atoms with Gasteiger partial charge in [0.05, 0.1) is 11.1 Å². The van der Waals surface area contributed by atoms with E-state index < -0.39 is 11.8 Å². The lowest BCUT2D eigenvalue weighted by atomic mass is 10.0. The Morgan fingerprint density at radius 3 is 2.20 bits per heavy atom. The van der Waals surface area contributed by atoms with E-state index in [-0.39, 0.29) is 12.5 Å². The Morgan fingerprint density at radius 1 is 0.960 bits per heavy atom. The third kappa shape index (κ3) is 3.45. The fourth-order valence-electron chi connectivity index (χ4n) is 2.89. The summed E-state index contributed by atoms with van der Waals surface area (Å²) in [5.41, 5.74) is 4.31. The van der Waals surface area contributed by atoms with Crippen LogP contribution < -0.4 is 5.32 Å². The minimum Gasteiger partial charge on any atom is -0.354 e. The maximum atomic E-state index is 12.2.